The van der Waals surface area contributed by atoms with E-state index in [1.54, 1.807) is 0 Å². The van der Waals surface area contributed by atoms with E-state index in [4.69, 9.17) is 0 Å². The van der Waals surface area contributed by atoms with Gasteiger partial charge in [0.05, 0.1) is 0 Å². The molecule has 2 nitrogen and oxygen atoms in total. The van der Waals surface area contributed by atoms with Gasteiger partial charge in [-0.2, -0.15) is 0 Å². The molecule has 1 aromatic carbocycles. The van der Waals surface area contributed by atoms with E-state index in [9.17, 15) is 0 Å². The molecule has 0 spiro atoms. The monoisotopic (exact) mass is 352 g/mol. The summed E-state index contributed by atoms with van der Waals surface area (Å²) in [4.78, 5) is 2.47. The predicted octanol–water partition coefficient (Wildman–Crippen LogP) is 4.96. The van der Waals surface area contributed by atoms with Crippen molar-refractivity contribution in [3.63, 3.8) is 0 Å². The smallest absolute Gasteiger partial charge is 0.0377 e. The van der Waals surface area contributed by atoms with Gasteiger partial charge in [0.25, 0.3) is 0 Å². The van der Waals surface area contributed by atoms with Gasteiger partial charge in [-0.25, -0.2) is 0 Å². The van der Waals surface area contributed by atoms with Crippen LogP contribution in [-0.4, -0.2) is 19.6 Å². The van der Waals surface area contributed by atoms with Crippen molar-refractivity contribution in [3.8, 4) is 0 Å². The quantitative estimate of drug-likeness (QED) is 0.777. The van der Waals surface area contributed by atoms with Gasteiger partial charge < -0.3 is 10.2 Å². The van der Waals surface area contributed by atoms with Crippen molar-refractivity contribution in [2.24, 2.45) is 5.92 Å². The predicted molar refractivity (Wildman–Crippen MR) is 96.0 cm³/mol. The molecule has 0 radical (unpaired) electrons. The van der Waals surface area contributed by atoms with Gasteiger partial charge in [0.2, 0.25) is 0 Å². The molecule has 1 N–H and O–H groups in total. The maximum Gasteiger partial charge on any atom is 0.0377 e. The SMILES string of the molecule is CC(C)CNCc1ccc(N(C)C2CCCCC2)cc1Br. The molecule has 118 valence electrons. The summed E-state index contributed by atoms with van der Waals surface area (Å²) >= 11 is 3.74. The lowest BCUT2D eigenvalue weighted by molar-refractivity contribution is 0.427. The maximum absolute atomic E-state index is 3.74. The second-order valence-corrected chi connectivity index (χ2v) is 7.56. The first-order valence-electron chi connectivity index (χ1n) is 8.30. The number of rotatable bonds is 6. The number of hydrogen-bond donors (Lipinski definition) is 1. The molecule has 0 saturated heterocycles. The fourth-order valence-electron chi connectivity index (χ4n) is 3.07. The zero-order valence-electron chi connectivity index (χ0n) is 13.7. The normalized spacial score (nSPS) is 16.4. The Morgan fingerprint density at radius 3 is 2.57 bits per heavy atom. The molecule has 0 aromatic heterocycles. The molecule has 0 bridgehead atoms. The average molecular weight is 353 g/mol. The van der Waals surface area contributed by atoms with Crippen LogP contribution in [0.25, 0.3) is 0 Å². The summed E-state index contributed by atoms with van der Waals surface area (Å²) < 4.78 is 1.22. The van der Waals surface area contributed by atoms with E-state index in [1.165, 1.54) is 47.8 Å². The molecule has 1 fully saturated rings. The Morgan fingerprint density at radius 1 is 1.24 bits per heavy atom. The van der Waals surface area contributed by atoms with Crippen LogP contribution >= 0.6 is 15.9 Å². The summed E-state index contributed by atoms with van der Waals surface area (Å²) in [7, 11) is 2.24. The molecule has 1 saturated carbocycles. The Kier molecular flexibility index (Phi) is 6.56. The Balaban J connectivity index is 1.97. The highest BCUT2D eigenvalue weighted by atomic mass is 79.9. The van der Waals surface area contributed by atoms with Crippen LogP contribution in [0.1, 0.15) is 51.5 Å². The van der Waals surface area contributed by atoms with Crippen molar-refractivity contribution in [2.75, 3.05) is 18.5 Å². The van der Waals surface area contributed by atoms with E-state index in [0.717, 1.165) is 19.1 Å². The van der Waals surface area contributed by atoms with Crippen molar-refractivity contribution < 1.29 is 0 Å². The van der Waals surface area contributed by atoms with Gasteiger partial charge in [-0.1, -0.05) is 55.1 Å². The van der Waals surface area contributed by atoms with E-state index in [0.29, 0.717) is 5.92 Å². The summed E-state index contributed by atoms with van der Waals surface area (Å²) in [6, 6.07) is 7.52. The molecule has 3 heteroatoms. The molecule has 2 rings (SSSR count). The summed E-state index contributed by atoms with van der Waals surface area (Å²) in [5, 5.41) is 3.51. The third kappa shape index (κ3) is 5.00. The zero-order chi connectivity index (χ0) is 15.2. The molecular weight excluding hydrogens is 324 g/mol. The van der Waals surface area contributed by atoms with Gasteiger partial charge in [0.1, 0.15) is 0 Å². The Hall–Kier alpha value is -0.540. The maximum atomic E-state index is 3.74. The number of hydrogen-bond acceptors (Lipinski definition) is 2. The van der Waals surface area contributed by atoms with Crippen molar-refractivity contribution in [3.05, 3.63) is 28.2 Å². The number of benzene rings is 1. The van der Waals surface area contributed by atoms with E-state index in [1.807, 2.05) is 0 Å². The van der Waals surface area contributed by atoms with Crippen LogP contribution in [-0.2, 0) is 6.54 Å². The van der Waals surface area contributed by atoms with Crippen LogP contribution in [0, 0.1) is 5.92 Å². The van der Waals surface area contributed by atoms with Gasteiger partial charge in [-0.05, 0) is 43.0 Å². The van der Waals surface area contributed by atoms with E-state index in [-0.39, 0.29) is 0 Å². The molecule has 21 heavy (non-hydrogen) atoms. The molecule has 1 aromatic rings. The minimum absolute atomic E-state index is 0.695. The fraction of sp³-hybridized carbons (Fsp3) is 0.667. The van der Waals surface area contributed by atoms with Crippen LogP contribution in [0.3, 0.4) is 0 Å². The van der Waals surface area contributed by atoms with Gasteiger partial charge in [-0.3, -0.25) is 0 Å². The van der Waals surface area contributed by atoms with Crippen molar-refractivity contribution in [2.45, 2.75) is 58.5 Å². The first-order chi connectivity index (χ1) is 10.1. The lowest BCUT2D eigenvalue weighted by atomic mass is 9.94. The van der Waals surface area contributed by atoms with E-state index < -0.39 is 0 Å². The van der Waals surface area contributed by atoms with E-state index in [2.05, 4.69) is 65.2 Å². The Morgan fingerprint density at radius 2 is 1.95 bits per heavy atom. The highest BCUT2D eigenvalue weighted by Crippen LogP contribution is 2.29. The van der Waals surface area contributed by atoms with Crippen LogP contribution in [0.4, 0.5) is 5.69 Å². The highest BCUT2D eigenvalue weighted by molar-refractivity contribution is 9.10. The van der Waals surface area contributed by atoms with Crippen LogP contribution in [0.5, 0.6) is 0 Å². The largest absolute Gasteiger partial charge is 0.372 e. The minimum Gasteiger partial charge on any atom is -0.372 e. The van der Waals surface area contributed by atoms with Crippen molar-refractivity contribution >= 4 is 21.6 Å². The standard InChI is InChI=1S/C18H29BrN2/c1-14(2)12-20-13-15-9-10-17(11-18(15)19)21(3)16-7-5-4-6-8-16/h9-11,14,16,20H,4-8,12-13H2,1-3H3. The number of nitrogens with one attached hydrogen (secondary N) is 1. The van der Waals surface area contributed by atoms with Gasteiger partial charge in [0.15, 0.2) is 0 Å². The lowest BCUT2D eigenvalue weighted by Gasteiger charge is -2.33. The average Bonchev–Trinajstić information content (AvgIpc) is 2.48. The summed E-state index contributed by atoms with van der Waals surface area (Å²) in [5.41, 5.74) is 2.68. The Bertz CT molecular complexity index is 439. The van der Waals surface area contributed by atoms with Gasteiger partial charge in [0, 0.05) is 29.8 Å². The van der Waals surface area contributed by atoms with Crippen LogP contribution in [0.2, 0.25) is 0 Å². The first-order valence-corrected chi connectivity index (χ1v) is 9.09. The fourth-order valence-corrected chi connectivity index (χ4v) is 3.58. The van der Waals surface area contributed by atoms with Crippen molar-refractivity contribution in [1.82, 2.24) is 5.32 Å². The zero-order valence-corrected chi connectivity index (χ0v) is 15.2. The number of anilines is 1. The van der Waals surface area contributed by atoms with Crippen LogP contribution < -0.4 is 10.2 Å². The van der Waals surface area contributed by atoms with Crippen LogP contribution in [0.15, 0.2) is 22.7 Å². The summed E-state index contributed by atoms with van der Waals surface area (Å²) in [6.45, 7) is 6.48. The lowest BCUT2D eigenvalue weighted by Crippen LogP contribution is -2.33. The molecule has 1 aliphatic carbocycles. The van der Waals surface area contributed by atoms with Crippen molar-refractivity contribution in [1.29, 1.82) is 0 Å². The third-order valence-corrected chi connectivity index (χ3v) is 5.17. The summed E-state index contributed by atoms with van der Waals surface area (Å²) in [5.74, 6) is 0.695. The minimum atomic E-state index is 0.695. The van der Waals surface area contributed by atoms with Gasteiger partial charge in [-0.15, -0.1) is 0 Å². The second kappa shape index (κ2) is 8.19. The molecular formula is C18H29BrN2. The topological polar surface area (TPSA) is 15.3 Å². The second-order valence-electron chi connectivity index (χ2n) is 6.70. The van der Waals surface area contributed by atoms with Gasteiger partial charge >= 0.3 is 0 Å². The molecule has 0 heterocycles. The highest BCUT2D eigenvalue weighted by Gasteiger charge is 2.18. The third-order valence-electron chi connectivity index (χ3n) is 4.43. The Labute approximate surface area is 138 Å². The number of halogens is 1. The molecule has 0 atom stereocenters. The molecule has 1 aliphatic rings. The molecule has 0 amide bonds. The molecule has 0 aliphatic heterocycles. The van der Waals surface area contributed by atoms with E-state index >= 15 is 0 Å². The first kappa shape index (κ1) is 16.8. The summed E-state index contributed by atoms with van der Waals surface area (Å²) in [6.07, 6.45) is 6.85. The molecule has 0 unspecified atom stereocenters. The number of nitrogens with zero attached hydrogens (tertiary/aromatic N) is 1.